The van der Waals surface area contributed by atoms with Gasteiger partial charge >= 0.3 is 0 Å². The van der Waals surface area contributed by atoms with Crippen molar-refractivity contribution in [3.05, 3.63) is 27.7 Å². The zero-order chi connectivity index (χ0) is 12.4. The van der Waals surface area contributed by atoms with Gasteiger partial charge in [-0.25, -0.2) is 0 Å². The molecule has 1 saturated carbocycles. The van der Waals surface area contributed by atoms with E-state index in [1.54, 1.807) is 6.07 Å². The molecule has 1 fully saturated rings. The van der Waals surface area contributed by atoms with Crippen molar-refractivity contribution >= 4 is 23.2 Å². The zero-order valence-electron chi connectivity index (χ0n) is 10.1. The molecule has 94 valence electrons. The third-order valence-corrected chi connectivity index (χ3v) is 3.49. The second-order valence-corrected chi connectivity index (χ2v) is 5.38. The lowest BCUT2D eigenvalue weighted by atomic mass is 10.1. The summed E-state index contributed by atoms with van der Waals surface area (Å²) in [6.07, 6.45) is 2.47. The van der Waals surface area contributed by atoms with Gasteiger partial charge in [0.25, 0.3) is 0 Å². The van der Waals surface area contributed by atoms with Crippen LogP contribution >= 0.6 is 23.2 Å². The molecule has 0 aromatic heterocycles. The molecule has 1 aromatic carbocycles. The maximum atomic E-state index is 6.36. The third kappa shape index (κ3) is 3.27. The maximum absolute atomic E-state index is 6.36. The highest BCUT2D eigenvalue weighted by Crippen LogP contribution is 2.47. The number of rotatable bonds is 5. The Morgan fingerprint density at radius 1 is 1.41 bits per heavy atom. The molecule has 2 rings (SSSR count). The van der Waals surface area contributed by atoms with E-state index in [0.717, 1.165) is 17.1 Å². The molecule has 1 aliphatic carbocycles. The monoisotopic (exact) mass is 273 g/mol. The minimum atomic E-state index is 0.0722. The number of hydrogen-bond donors (Lipinski definition) is 1. The SMILES string of the molecule is CNCC(C)Oc1cc(Cl)cc(C2CC2)c1Cl. The van der Waals surface area contributed by atoms with Gasteiger partial charge in [0, 0.05) is 17.6 Å². The predicted molar refractivity (Wildman–Crippen MR) is 72.5 cm³/mol. The Hall–Kier alpha value is -0.440. The summed E-state index contributed by atoms with van der Waals surface area (Å²) in [5, 5.41) is 4.49. The Labute approximate surface area is 112 Å². The maximum Gasteiger partial charge on any atom is 0.140 e. The standard InChI is InChI=1S/C13H17Cl2NO/c1-8(7-16-2)17-12-6-10(14)5-11(13(12)15)9-3-4-9/h5-6,8-9,16H,3-4,7H2,1-2H3. The average molecular weight is 274 g/mol. The molecule has 0 aliphatic heterocycles. The first-order chi connectivity index (χ1) is 8.11. The number of likely N-dealkylation sites (N-methyl/N-ethyl adjacent to an activating group) is 1. The molecule has 0 bridgehead atoms. The molecule has 0 saturated heterocycles. The van der Waals surface area contributed by atoms with Crippen LogP contribution in [-0.2, 0) is 0 Å². The van der Waals surface area contributed by atoms with Gasteiger partial charge in [-0.2, -0.15) is 0 Å². The second kappa shape index (κ2) is 5.47. The van der Waals surface area contributed by atoms with Crippen LogP contribution in [0.15, 0.2) is 12.1 Å². The largest absolute Gasteiger partial charge is 0.488 e. The van der Waals surface area contributed by atoms with Crippen molar-refractivity contribution in [2.75, 3.05) is 13.6 Å². The van der Waals surface area contributed by atoms with E-state index in [-0.39, 0.29) is 6.10 Å². The Balaban J connectivity index is 2.20. The number of hydrogen-bond acceptors (Lipinski definition) is 2. The fraction of sp³-hybridized carbons (Fsp3) is 0.538. The molecule has 0 spiro atoms. The first-order valence-corrected chi connectivity index (χ1v) is 6.67. The van der Waals surface area contributed by atoms with Crippen molar-refractivity contribution in [3.63, 3.8) is 0 Å². The van der Waals surface area contributed by atoms with Gasteiger partial charge in [-0.3, -0.25) is 0 Å². The van der Waals surface area contributed by atoms with Crippen LogP contribution in [-0.4, -0.2) is 19.7 Å². The van der Waals surface area contributed by atoms with Crippen LogP contribution in [0.5, 0.6) is 5.75 Å². The summed E-state index contributed by atoms with van der Waals surface area (Å²) in [6, 6.07) is 3.75. The van der Waals surface area contributed by atoms with E-state index in [1.807, 2.05) is 20.0 Å². The van der Waals surface area contributed by atoms with Gasteiger partial charge in [-0.05, 0) is 44.4 Å². The van der Waals surface area contributed by atoms with Gasteiger partial charge in [-0.1, -0.05) is 23.2 Å². The van der Waals surface area contributed by atoms with E-state index in [4.69, 9.17) is 27.9 Å². The number of nitrogens with one attached hydrogen (secondary N) is 1. The lowest BCUT2D eigenvalue weighted by Crippen LogP contribution is -2.26. The van der Waals surface area contributed by atoms with Gasteiger partial charge in [0.15, 0.2) is 0 Å². The average Bonchev–Trinajstić information content (AvgIpc) is 3.07. The summed E-state index contributed by atoms with van der Waals surface area (Å²) in [5.74, 6) is 1.27. The zero-order valence-corrected chi connectivity index (χ0v) is 11.6. The molecule has 17 heavy (non-hydrogen) atoms. The van der Waals surface area contributed by atoms with Gasteiger partial charge in [0.2, 0.25) is 0 Å². The highest BCUT2D eigenvalue weighted by molar-refractivity contribution is 6.35. The third-order valence-electron chi connectivity index (χ3n) is 2.87. The van der Waals surface area contributed by atoms with Crippen molar-refractivity contribution < 1.29 is 4.74 Å². The molecule has 0 heterocycles. The summed E-state index contributed by atoms with van der Waals surface area (Å²) >= 11 is 12.5. The number of halogens is 2. The molecular formula is C13H17Cl2NO. The summed E-state index contributed by atoms with van der Waals surface area (Å²) in [5.41, 5.74) is 1.13. The van der Waals surface area contributed by atoms with E-state index in [9.17, 15) is 0 Å². The number of benzene rings is 1. The molecule has 2 nitrogen and oxygen atoms in total. The Morgan fingerprint density at radius 3 is 2.71 bits per heavy atom. The summed E-state index contributed by atoms with van der Waals surface area (Å²) in [7, 11) is 1.90. The van der Waals surface area contributed by atoms with E-state index in [0.29, 0.717) is 16.7 Å². The molecule has 4 heteroatoms. The predicted octanol–water partition coefficient (Wildman–Crippen LogP) is 3.86. The van der Waals surface area contributed by atoms with Crippen LogP contribution in [0.2, 0.25) is 10.0 Å². The van der Waals surface area contributed by atoms with Crippen LogP contribution in [0, 0.1) is 0 Å². The first-order valence-electron chi connectivity index (χ1n) is 5.92. The quantitative estimate of drug-likeness (QED) is 0.880. The summed E-state index contributed by atoms with van der Waals surface area (Å²) in [6.45, 7) is 2.78. The Bertz CT molecular complexity index is 405. The highest BCUT2D eigenvalue weighted by Gasteiger charge is 2.28. The smallest absolute Gasteiger partial charge is 0.140 e. The Morgan fingerprint density at radius 2 is 2.12 bits per heavy atom. The van der Waals surface area contributed by atoms with Gasteiger partial charge in [0.05, 0.1) is 5.02 Å². The fourth-order valence-corrected chi connectivity index (χ4v) is 2.43. The topological polar surface area (TPSA) is 21.3 Å². The van der Waals surface area contributed by atoms with E-state index in [2.05, 4.69) is 5.32 Å². The molecule has 1 aliphatic rings. The van der Waals surface area contributed by atoms with Crippen molar-refractivity contribution in [2.45, 2.75) is 31.8 Å². The molecule has 0 radical (unpaired) electrons. The van der Waals surface area contributed by atoms with E-state index < -0.39 is 0 Å². The Kier molecular flexibility index (Phi) is 4.18. The van der Waals surface area contributed by atoms with Crippen molar-refractivity contribution in [3.8, 4) is 5.75 Å². The fourth-order valence-electron chi connectivity index (χ4n) is 1.91. The van der Waals surface area contributed by atoms with Crippen molar-refractivity contribution in [1.82, 2.24) is 5.32 Å². The van der Waals surface area contributed by atoms with E-state index >= 15 is 0 Å². The van der Waals surface area contributed by atoms with Crippen LogP contribution in [0.25, 0.3) is 0 Å². The minimum absolute atomic E-state index is 0.0722. The highest BCUT2D eigenvalue weighted by atomic mass is 35.5. The molecule has 1 aromatic rings. The van der Waals surface area contributed by atoms with Gasteiger partial charge in [-0.15, -0.1) is 0 Å². The van der Waals surface area contributed by atoms with Gasteiger partial charge in [0.1, 0.15) is 11.9 Å². The van der Waals surface area contributed by atoms with Crippen LogP contribution in [0.3, 0.4) is 0 Å². The van der Waals surface area contributed by atoms with Crippen LogP contribution in [0.4, 0.5) is 0 Å². The summed E-state index contributed by atoms with van der Waals surface area (Å²) < 4.78 is 5.81. The lowest BCUT2D eigenvalue weighted by molar-refractivity contribution is 0.220. The number of ether oxygens (including phenoxy) is 1. The molecule has 1 N–H and O–H groups in total. The molecular weight excluding hydrogens is 257 g/mol. The molecule has 1 atom stereocenters. The lowest BCUT2D eigenvalue weighted by Gasteiger charge is -2.17. The van der Waals surface area contributed by atoms with Crippen molar-refractivity contribution in [2.24, 2.45) is 0 Å². The van der Waals surface area contributed by atoms with Crippen LogP contribution < -0.4 is 10.1 Å². The minimum Gasteiger partial charge on any atom is -0.488 e. The molecule has 0 amide bonds. The first kappa shape index (κ1) is 13.0. The van der Waals surface area contributed by atoms with E-state index in [1.165, 1.54) is 12.8 Å². The normalized spacial score (nSPS) is 16.9. The van der Waals surface area contributed by atoms with Gasteiger partial charge < -0.3 is 10.1 Å². The summed E-state index contributed by atoms with van der Waals surface area (Å²) in [4.78, 5) is 0. The van der Waals surface area contributed by atoms with Crippen LogP contribution in [0.1, 0.15) is 31.2 Å². The second-order valence-electron chi connectivity index (χ2n) is 4.57. The molecule has 1 unspecified atom stereocenters. The van der Waals surface area contributed by atoms with Crippen molar-refractivity contribution in [1.29, 1.82) is 0 Å².